The summed E-state index contributed by atoms with van der Waals surface area (Å²) in [6.45, 7) is 1.30. The number of amides is 1. The van der Waals surface area contributed by atoms with Gasteiger partial charge in [-0.25, -0.2) is 4.79 Å². The Morgan fingerprint density at radius 1 is 1.35 bits per heavy atom. The summed E-state index contributed by atoms with van der Waals surface area (Å²) in [6, 6.07) is 5.87. The summed E-state index contributed by atoms with van der Waals surface area (Å²) in [7, 11) is 0. The molecule has 5 nitrogen and oxygen atoms in total. The van der Waals surface area contributed by atoms with Crippen molar-refractivity contribution in [1.29, 1.82) is 0 Å². The first-order chi connectivity index (χ1) is 9.41. The number of benzene rings is 1. The van der Waals surface area contributed by atoms with Gasteiger partial charge in [-0.2, -0.15) is 0 Å². The molecule has 2 atom stereocenters. The van der Waals surface area contributed by atoms with Gasteiger partial charge in [0, 0.05) is 10.1 Å². The molecule has 3 N–H and O–H groups in total. The van der Waals surface area contributed by atoms with Crippen LogP contribution in [0.3, 0.4) is 0 Å². The zero-order valence-electron chi connectivity index (χ0n) is 10.5. The second kappa shape index (κ2) is 5.78. The highest BCUT2D eigenvalue weighted by Gasteiger charge is 2.27. The quantitative estimate of drug-likeness (QED) is 0.807. The van der Waals surface area contributed by atoms with Gasteiger partial charge >= 0.3 is 5.97 Å². The summed E-state index contributed by atoms with van der Waals surface area (Å²) in [5, 5.41) is 21.6. The minimum atomic E-state index is -1.37. The Kier molecular flexibility index (Phi) is 4.27. The van der Waals surface area contributed by atoms with Crippen molar-refractivity contribution in [3.63, 3.8) is 0 Å². The van der Waals surface area contributed by atoms with Gasteiger partial charge in [0.05, 0.1) is 11.1 Å². The van der Waals surface area contributed by atoms with Crippen molar-refractivity contribution in [3.05, 3.63) is 34.2 Å². The molecular weight excluding hydrogens is 302 g/mol. The molecule has 0 aliphatic heterocycles. The Labute approximate surface area is 123 Å². The monoisotopic (exact) mass is 313 g/mol. The maximum Gasteiger partial charge on any atom is 0.328 e. The van der Waals surface area contributed by atoms with Gasteiger partial charge in [0.2, 0.25) is 0 Å². The number of halogens is 1. The van der Waals surface area contributed by atoms with Crippen molar-refractivity contribution in [2.75, 3.05) is 0 Å². The van der Waals surface area contributed by atoms with E-state index in [4.69, 9.17) is 16.7 Å². The van der Waals surface area contributed by atoms with Crippen LogP contribution < -0.4 is 5.32 Å². The fraction of sp³-hybridized carbons (Fsp3) is 0.231. The highest BCUT2D eigenvalue weighted by molar-refractivity contribution is 7.21. The molecule has 0 spiro atoms. The molecule has 1 aromatic heterocycles. The third-order valence-corrected chi connectivity index (χ3v) is 4.45. The standard InChI is InChI=1S/C13H12ClNO4S/c1-6(16)10(13(18)19)15-12(17)11-9(14)7-4-2-3-5-8(7)20-11/h2-6,10,16H,1H3,(H,15,17)(H,18,19)/t6-,10-/m0/s1. The summed E-state index contributed by atoms with van der Waals surface area (Å²) < 4.78 is 0.839. The summed E-state index contributed by atoms with van der Waals surface area (Å²) in [5.74, 6) is -1.91. The van der Waals surface area contributed by atoms with Crippen LogP contribution in [-0.2, 0) is 4.79 Å². The molecule has 1 aromatic carbocycles. The van der Waals surface area contributed by atoms with Crippen LogP contribution >= 0.6 is 22.9 Å². The van der Waals surface area contributed by atoms with Gasteiger partial charge in [-0.05, 0) is 13.0 Å². The molecule has 0 aliphatic carbocycles. The number of aliphatic carboxylic acids is 1. The van der Waals surface area contributed by atoms with E-state index < -0.39 is 24.0 Å². The van der Waals surface area contributed by atoms with Gasteiger partial charge in [0.1, 0.15) is 4.88 Å². The molecular formula is C13H12ClNO4S. The number of aliphatic hydroxyl groups excluding tert-OH is 1. The maximum absolute atomic E-state index is 12.1. The minimum absolute atomic E-state index is 0.236. The second-order valence-corrected chi connectivity index (χ2v) is 5.70. The van der Waals surface area contributed by atoms with Crippen LogP contribution in [0.5, 0.6) is 0 Å². The zero-order chi connectivity index (χ0) is 14.9. The predicted molar refractivity (Wildman–Crippen MR) is 77.4 cm³/mol. The molecule has 0 saturated carbocycles. The molecule has 2 rings (SSSR count). The molecule has 0 radical (unpaired) electrons. The molecule has 2 aromatic rings. The molecule has 0 saturated heterocycles. The Hall–Kier alpha value is -1.63. The van der Waals surface area contributed by atoms with Crippen LogP contribution in [0.15, 0.2) is 24.3 Å². The number of thiophene rings is 1. The maximum atomic E-state index is 12.1. The first kappa shape index (κ1) is 14.8. The Balaban J connectivity index is 2.32. The molecule has 1 heterocycles. The average molecular weight is 314 g/mol. The van der Waals surface area contributed by atoms with Crippen LogP contribution in [0, 0.1) is 0 Å². The SMILES string of the molecule is C[C@H](O)[C@H](NC(=O)c1sc2ccccc2c1Cl)C(=O)O. The normalized spacial score (nSPS) is 13.9. The van der Waals surface area contributed by atoms with Gasteiger partial charge < -0.3 is 15.5 Å². The highest BCUT2D eigenvalue weighted by Crippen LogP contribution is 2.35. The second-order valence-electron chi connectivity index (χ2n) is 4.27. The van der Waals surface area contributed by atoms with Crippen molar-refractivity contribution in [3.8, 4) is 0 Å². The van der Waals surface area contributed by atoms with E-state index in [1.165, 1.54) is 18.3 Å². The number of rotatable bonds is 4. The van der Waals surface area contributed by atoms with Gasteiger partial charge in [-0.3, -0.25) is 4.79 Å². The van der Waals surface area contributed by atoms with Gasteiger partial charge in [-0.15, -0.1) is 11.3 Å². The van der Waals surface area contributed by atoms with Gasteiger partial charge in [-0.1, -0.05) is 29.8 Å². The van der Waals surface area contributed by atoms with E-state index in [0.717, 1.165) is 10.1 Å². The number of carbonyl (C=O) groups is 2. The number of carbonyl (C=O) groups excluding carboxylic acids is 1. The van der Waals surface area contributed by atoms with Crippen LogP contribution in [-0.4, -0.2) is 34.2 Å². The van der Waals surface area contributed by atoms with E-state index in [1.54, 1.807) is 12.1 Å². The van der Waals surface area contributed by atoms with E-state index in [0.29, 0.717) is 0 Å². The number of nitrogens with one attached hydrogen (secondary N) is 1. The van der Waals surface area contributed by atoms with Gasteiger partial charge in [0.15, 0.2) is 6.04 Å². The van der Waals surface area contributed by atoms with Crippen molar-refractivity contribution >= 4 is 44.9 Å². The number of hydrogen-bond acceptors (Lipinski definition) is 4. The third-order valence-electron chi connectivity index (χ3n) is 2.78. The Bertz CT molecular complexity index is 667. The van der Waals surface area contributed by atoms with Crippen molar-refractivity contribution in [2.45, 2.75) is 19.1 Å². The first-order valence-electron chi connectivity index (χ1n) is 5.80. The molecule has 7 heteroatoms. The zero-order valence-corrected chi connectivity index (χ0v) is 12.0. The predicted octanol–water partition coefficient (Wildman–Crippen LogP) is 2.12. The average Bonchev–Trinajstić information content (AvgIpc) is 2.73. The number of carboxylic acids is 1. The number of hydrogen-bond donors (Lipinski definition) is 3. The van der Waals surface area contributed by atoms with Crippen molar-refractivity contribution < 1.29 is 19.8 Å². The fourth-order valence-electron chi connectivity index (χ4n) is 1.76. The molecule has 0 unspecified atom stereocenters. The number of carboxylic acid groups (broad SMARTS) is 1. The Morgan fingerprint density at radius 2 is 2.00 bits per heavy atom. The van der Waals surface area contributed by atoms with Crippen molar-refractivity contribution in [1.82, 2.24) is 5.32 Å². The summed E-state index contributed by atoms with van der Waals surface area (Å²) in [6.07, 6.45) is -1.20. The van der Waals surface area contributed by atoms with Gasteiger partial charge in [0.25, 0.3) is 5.91 Å². The molecule has 0 aliphatic rings. The molecule has 1 amide bonds. The van der Waals surface area contributed by atoms with Crippen molar-refractivity contribution in [2.24, 2.45) is 0 Å². The summed E-state index contributed by atoms with van der Waals surface area (Å²) in [5.41, 5.74) is 0. The topological polar surface area (TPSA) is 86.6 Å². The smallest absolute Gasteiger partial charge is 0.328 e. The molecule has 106 valence electrons. The van der Waals surface area contributed by atoms with Crippen LogP contribution in [0.25, 0.3) is 10.1 Å². The van der Waals surface area contributed by atoms with E-state index in [9.17, 15) is 14.7 Å². The fourth-order valence-corrected chi connectivity index (χ4v) is 3.18. The van der Waals surface area contributed by atoms with E-state index >= 15 is 0 Å². The molecule has 0 fully saturated rings. The highest BCUT2D eigenvalue weighted by atomic mass is 35.5. The van der Waals surface area contributed by atoms with E-state index in [-0.39, 0.29) is 9.90 Å². The lowest BCUT2D eigenvalue weighted by Crippen LogP contribution is -2.47. The number of aliphatic hydroxyl groups is 1. The largest absolute Gasteiger partial charge is 0.480 e. The van der Waals surface area contributed by atoms with E-state index in [2.05, 4.69) is 5.32 Å². The van der Waals surface area contributed by atoms with Crippen LogP contribution in [0.2, 0.25) is 5.02 Å². The van der Waals surface area contributed by atoms with E-state index in [1.807, 2.05) is 12.1 Å². The molecule has 0 bridgehead atoms. The number of fused-ring (bicyclic) bond motifs is 1. The van der Waals surface area contributed by atoms with Crippen LogP contribution in [0.4, 0.5) is 0 Å². The summed E-state index contributed by atoms with van der Waals surface area (Å²) >= 11 is 7.31. The minimum Gasteiger partial charge on any atom is -0.480 e. The third kappa shape index (κ3) is 2.77. The first-order valence-corrected chi connectivity index (χ1v) is 7.00. The molecule has 20 heavy (non-hydrogen) atoms. The summed E-state index contributed by atoms with van der Waals surface area (Å²) in [4.78, 5) is 23.3. The lowest BCUT2D eigenvalue weighted by atomic mass is 10.2. The van der Waals surface area contributed by atoms with Crippen LogP contribution in [0.1, 0.15) is 16.6 Å². The lowest BCUT2D eigenvalue weighted by molar-refractivity contribution is -0.141. The lowest BCUT2D eigenvalue weighted by Gasteiger charge is -2.16. The Morgan fingerprint density at radius 3 is 2.55 bits per heavy atom.